The largest absolute Gasteiger partial charge is 0.394 e. The van der Waals surface area contributed by atoms with Gasteiger partial charge in [0.25, 0.3) is 0 Å². The van der Waals surface area contributed by atoms with Gasteiger partial charge < -0.3 is 15.4 Å². The van der Waals surface area contributed by atoms with Gasteiger partial charge in [0, 0.05) is 19.7 Å². The zero-order valence-corrected chi connectivity index (χ0v) is 8.89. The summed E-state index contributed by atoms with van der Waals surface area (Å²) in [5.41, 5.74) is 6.47. The van der Waals surface area contributed by atoms with Crippen LogP contribution in [0.1, 0.15) is 13.3 Å². The first-order valence-corrected chi connectivity index (χ1v) is 5.19. The van der Waals surface area contributed by atoms with Crippen molar-refractivity contribution in [3.8, 4) is 0 Å². The molecule has 0 saturated carbocycles. The monoisotopic (exact) mass is 208 g/mol. The highest BCUT2D eigenvalue weighted by Crippen LogP contribution is 2.20. The van der Waals surface area contributed by atoms with Crippen molar-refractivity contribution in [3.05, 3.63) is 12.5 Å². The van der Waals surface area contributed by atoms with Crippen LogP contribution >= 0.6 is 0 Å². The first kappa shape index (κ1) is 10.2. The molecule has 2 heterocycles. The zero-order valence-electron chi connectivity index (χ0n) is 8.89. The molecule has 0 aromatic carbocycles. The van der Waals surface area contributed by atoms with Gasteiger partial charge in [-0.2, -0.15) is 0 Å². The molecule has 1 aromatic heterocycles. The number of hydrogen-bond acceptors (Lipinski definition) is 5. The van der Waals surface area contributed by atoms with E-state index in [-0.39, 0.29) is 6.10 Å². The Morgan fingerprint density at radius 2 is 2.47 bits per heavy atom. The lowest BCUT2D eigenvalue weighted by molar-refractivity contribution is 0.0820. The molecule has 5 nitrogen and oxygen atoms in total. The van der Waals surface area contributed by atoms with Crippen molar-refractivity contribution < 1.29 is 4.74 Å². The van der Waals surface area contributed by atoms with Gasteiger partial charge >= 0.3 is 0 Å². The number of hydrogen-bond donors (Lipinski definition) is 1. The molecule has 1 saturated heterocycles. The third kappa shape index (κ3) is 2.36. The molecule has 0 amide bonds. The van der Waals surface area contributed by atoms with Crippen molar-refractivity contribution in [1.29, 1.82) is 0 Å². The molecule has 0 radical (unpaired) electrons. The van der Waals surface area contributed by atoms with E-state index in [0.717, 1.165) is 31.9 Å². The summed E-state index contributed by atoms with van der Waals surface area (Å²) in [7, 11) is 0. The summed E-state index contributed by atoms with van der Waals surface area (Å²) in [6.07, 6.45) is 4.40. The molecule has 0 bridgehead atoms. The van der Waals surface area contributed by atoms with Crippen LogP contribution in [0.2, 0.25) is 0 Å². The predicted octanol–water partition coefficient (Wildman–Crippen LogP) is 0.674. The normalized spacial score (nSPS) is 22.5. The van der Waals surface area contributed by atoms with Crippen LogP contribution in [0.3, 0.4) is 0 Å². The second kappa shape index (κ2) is 4.44. The predicted molar refractivity (Wildman–Crippen MR) is 58.7 cm³/mol. The second-order valence-corrected chi connectivity index (χ2v) is 3.78. The van der Waals surface area contributed by atoms with Crippen LogP contribution in [-0.2, 0) is 4.74 Å². The fourth-order valence-electron chi connectivity index (χ4n) is 1.78. The maximum Gasteiger partial charge on any atom is 0.155 e. The summed E-state index contributed by atoms with van der Waals surface area (Å²) in [5.74, 6) is 0.822. The number of anilines is 2. The van der Waals surface area contributed by atoms with Crippen molar-refractivity contribution in [1.82, 2.24) is 9.97 Å². The van der Waals surface area contributed by atoms with Crippen molar-refractivity contribution in [3.63, 3.8) is 0 Å². The molecule has 1 aliphatic rings. The average Bonchev–Trinajstić information content (AvgIpc) is 2.43. The van der Waals surface area contributed by atoms with E-state index in [9.17, 15) is 0 Å². The lowest BCUT2D eigenvalue weighted by Gasteiger charge is -2.23. The third-order valence-electron chi connectivity index (χ3n) is 2.47. The van der Waals surface area contributed by atoms with Crippen molar-refractivity contribution >= 4 is 11.5 Å². The lowest BCUT2D eigenvalue weighted by Crippen LogP contribution is -2.31. The van der Waals surface area contributed by atoms with Crippen molar-refractivity contribution in [2.75, 3.05) is 30.3 Å². The van der Waals surface area contributed by atoms with Gasteiger partial charge in [-0.15, -0.1) is 0 Å². The highest BCUT2D eigenvalue weighted by Gasteiger charge is 2.17. The Morgan fingerprint density at radius 1 is 1.60 bits per heavy atom. The Bertz CT molecular complexity index is 331. The summed E-state index contributed by atoms with van der Waals surface area (Å²) >= 11 is 0. The summed E-state index contributed by atoms with van der Waals surface area (Å²) < 4.78 is 5.57. The molecule has 2 N–H and O–H groups in total. The molecule has 0 aliphatic carbocycles. The fraction of sp³-hybridized carbons (Fsp3) is 0.600. The Labute approximate surface area is 89.3 Å². The Kier molecular flexibility index (Phi) is 3.01. The van der Waals surface area contributed by atoms with Crippen LogP contribution in [0, 0.1) is 0 Å². The van der Waals surface area contributed by atoms with E-state index < -0.39 is 0 Å². The molecule has 82 valence electrons. The maximum atomic E-state index is 5.84. The summed E-state index contributed by atoms with van der Waals surface area (Å²) in [5, 5.41) is 0. The molecular weight excluding hydrogens is 192 g/mol. The number of ether oxygens (including phenoxy) is 1. The molecule has 2 rings (SSSR count). The van der Waals surface area contributed by atoms with Crippen LogP contribution in [-0.4, -0.2) is 35.8 Å². The number of nitrogens with zero attached hydrogens (tertiary/aromatic N) is 3. The van der Waals surface area contributed by atoms with Gasteiger partial charge in [0.15, 0.2) is 5.82 Å². The highest BCUT2D eigenvalue weighted by molar-refractivity contribution is 5.60. The standard InChI is InChI=1S/C10H16N4O/c1-8-6-14(3-2-4-15-8)10-9(11)5-12-7-13-10/h5,7-8H,2-4,6,11H2,1H3. The van der Waals surface area contributed by atoms with Gasteiger partial charge in [0.1, 0.15) is 6.33 Å². The smallest absolute Gasteiger partial charge is 0.155 e. The first-order chi connectivity index (χ1) is 7.27. The SMILES string of the molecule is CC1CN(c2ncncc2N)CCCO1. The van der Waals surface area contributed by atoms with Crippen LogP contribution in [0.15, 0.2) is 12.5 Å². The van der Waals surface area contributed by atoms with E-state index in [1.807, 2.05) is 0 Å². The summed E-state index contributed by atoms with van der Waals surface area (Å²) in [4.78, 5) is 10.3. The molecule has 1 aromatic rings. The van der Waals surface area contributed by atoms with E-state index in [2.05, 4.69) is 21.8 Å². The molecule has 1 fully saturated rings. The molecule has 1 unspecified atom stereocenters. The first-order valence-electron chi connectivity index (χ1n) is 5.19. The fourth-order valence-corrected chi connectivity index (χ4v) is 1.78. The minimum absolute atomic E-state index is 0.224. The third-order valence-corrected chi connectivity index (χ3v) is 2.47. The number of nitrogen functional groups attached to an aromatic ring is 1. The van der Waals surface area contributed by atoms with Crippen molar-refractivity contribution in [2.24, 2.45) is 0 Å². The number of aromatic nitrogens is 2. The minimum Gasteiger partial charge on any atom is -0.394 e. The van der Waals surface area contributed by atoms with E-state index in [0.29, 0.717) is 5.69 Å². The van der Waals surface area contributed by atoms with E-state index in [4.69, 9.17) is 10.5 Å². The van der Waals surface area contributed by atoms with Gasteiger partial charge in [-0.25, -0.2) is 9.97 Å². The highest BCUT2D eigenvalue weighted by atomic mass is 16.5. The van der Waals surface area contributed by atoms with Gasteiger partial charge in [0.05, 0.1) is 18.0 Å². The molecule has 15 heavy (non-hydrogen) atoms. The topological polar surface area (TPSA) is 64.3 Å². The van der Waals surface area contributed by atoms with Gasteiger partial charge in [-0.1, -0.05) is 0 Å². The summed E-state index contributed by atoms with van der Waals surface area (Å²) in [6.45, 7) is 4.64. The second-order valence-electron chi connectivity index (χ2n) is 3.78. The average molecular weight is 208 g/mol. The molecule has 1 aliphatic heterocycles. The lowest BCUT2D eigenvalue weighted by atomic mass is 10.3. The Morgan fingerprint density at radius 3 is 3.27 bits per heavy atom. The number of nitrogens with two attached hydrogens (primary N) is 1. The minimum atomic E-state index is 0.224. The van der Waals surface area contributed by atoms with Crippen LogP contribution in [0.25, 0.3) is 0 Å². The molecule has 1 atom stereocenters. The van der Waals surface area contributed by atoms with Crippen LogP contribution in [0.5, 0.6) is 0 Å². The quantitative estimate of drug-likeness (QED) is 0.735. The maximum absolute atomic E-state index is 5.84. The molecular formula is C10H16N4O. The zero-order chi connectivity index (χ0) is 10.7. The Balaban J connectivity index is 2.18. The van der Waals surface area contributed by atoms with Gasteiger partial charge in [0.2, 0.25) is 0 Å². The van der Waals surface area contributed by atoms with Crippen molar-refractivity contribution in [2.45, 2.75) is 19.4 Å². The van der Waals surface area contributed by atoms with E-state index in [1.54, 1.807) is 6.20 Å². The van der Waals surface area contributed by atoms with Crippen LogP contribution < -0.4 is 10.6 Å². The van der Waals surface area contributed by atoms with Crippen LogP contribution in [0.4, 0.5) is 11.5 Å². The Hall–Kier alpha value is -1.36. The summed E-state index contributed by atoms with van der Waals surface area (Å²) in [6, 6.07) is 0. The molecule has 0 spiro atoms. The molecule has 5 heteroatoms. The van der Waals surface area contributed by atoms with E-state index >= 15 is 0 Å². The van der Waals surface area contributed by atoms with E-state index in [1.165, 1.54) is 6.33 Å². The van der Waals surface area contributed by atoms with Gasteiger partial charge in [-0.05, 0) is 13.3 Å². The number of rotatable bonds is 1. The van der Waals surface area contributed by atoms with Gasteiger partial charge in [-0.3, -0.25) is 0 Å².